The number of morpholine rings is 1. The molecule has 1 fully saturated rings. The third kappa shape index (κ3) is 11.1. The van der Waals surface area contributed by atoms with Crippen molar-refractivity contribution >= 4 is 0 Å². The first-order valence-corrected chi connectivity index (χ1v) is 8.59. The summed E-state index contributed by atoms with van der Waals surface area (Å²) >= 11 is 0. The van der Waals surface area contributed by atoms with Crippen LogP contribution in [0.25, 0.3) is 0 Å². The van der Waals surface area contributed by atoms with Gasteiger partial charge in [0.1, 0.15) is 0 Å². The summed E-state index contributed by atoms with van der Waals surface area (Å²) in [6, 6.07) is 0. The molecule has 0 aromatic heterocycles. The minimum Gasteiger partial charge on any atom is -0.389 e. The van der Waals surface area contributed by atoms with Gasteiger partial charge in [-0.2, -0.15) is 0 Å². The lowest BCUT2D eigenvalue weighted by atomic mass is 10.2. The molecule has 5 nitrogen and oxygen atoms in total. The molecule has 5 heteroatoms. The van der Waals surface area contributed by atoms with E-state index in [2.05, 4.69) is 17.1 Å². The van der Waals surface area contributed by atoms with Gasteiger partial charge in [0.15, 0.2) is 0 Å². The van der Waals surface area contributed by atoms with Crippen molar-refractivity contribution < 1.29 is 14.6 Å². The molecule has 0 radical (unpaired) electrons. The van der Waals surface area contributed by atoms with Crippen LogP contribution < -0.4 is 5.32 Å². The van der Waals surface area contributed by atoms with Crippen LogP contribution in [-0.2, 0) is 9.47 Å². The molecule has 1 aliphatic heterocycles. The lowest BCUT2D eigenvalue weighted by molar-refractivity contribution is 0.0331. The maximum Gasteiger partial charge on any atom is 0.0897 e. The largest absolute Gasteiger partial charge is 0.389 e. The molecule has 0 aromatic carbocycles. The Morgan fingerprint density at radius 2 is 2.00 bits per heavy atom. The van der Waals surface area contributed by atoms with E-state index < -0.39 is 0 Å². The Morgan fingerprint density at radius 3 is 2.76 bits per heavy atom. The molecule has 2 N–H and O–H groups in total. The van der Waals surface area contributed by atoms with E-state index in [1.807, 2.05) is 0 Å². The second-order valence-electron chi connectivity index (χ2n) is 5.80. The van der Waals surface area contributed by atoms with Crippen LogP contribution in [0.5, 0.6) is 0 Å². The molecule has 1 unspecified atom stereocenters. The van der Waals surface area contributed by atoms with Crippen LogP contribution in [0, 0.1) is 0 Å². The standard InChI is InChI=1S/C16H34N2O3/c1-2-3-4-5-11-21-15-16(19)14-17-7-6-8-18-9-12-20-13-10-18/h16-17,19H,2-15H2,1H3. The zero-order valence-corrected chi connectivity index (χ0v) is 13.7. The third-order valence-corrected chi connectivity index (χ3v) is 3.76. The van der Waals surface area contributed by atoms with E-state index in [0.717, 1.165) is 58.8 Å². The fraction of sp³-hybridized carbons (Fsp3) is 1.00. The number of aliphatic hydroxyl groups excluding tert-OH is 1. The molecule has 0 aromatic rings. The van der Waals surface area contributed by atoms with E-state index in [4.69, 9.17) is 9.47 Å². The Bertz CT molecular complexity index is 224. The molecule has 1 heterocycles. The molecular formula is C16H34N2O3. The summed E-state index contributed by atoms with van der Waals surface area (Å²) in [7, 11) is 0. The summed E-state index contributed by atoms with van der Waals surface area (Å²) in [4.78, 5) is 2.43. The van der Waals surface area contributed by atoms with Crippen molar-refractivity contribution in [3.05, 3.63) is 0 Å². The molecule has 0 aliphatic carbocycles. The molecule has 126 valence electrons. The summed E-state index contributed by atoms with van der Waals surface area (Å²) in [6.07, 6.45) is 5.58. The summed E-state index contributed by atoms with van der Waals surface area (Å²) in [5, 5.41) is 13.1. The van der Waals surface area contributed by atoms with Gasteiger partial charge < -0.3 is 19.9 Å². The SMILES string of the molecule is CCCCCCOCC(O)CNCCCN1CCOCC1. The molecule has 1 rings (SSSR count). The molecule has 1 atom stereocenters. The Balaban J connectivity index is 1.81. The van der Waals surface area contributed by atoms with Crippen molar-refractivity contribution in [2.45, 2.75) is 45.1 Å². The van der Waals surface area contributed by atoms with Gasteiger partial charge in [0, 0.05) is 26.2 Å². The Kier molecular flexibility index (Phi) is 12.1. The average Bonchev–Trinajstić information content (AvgIpc) is 2.51. The van der Waals surface area contributed by atoms with Crippen molar-refractivity contribution in [3.8, 4) is 0 Å². The van der Waals surface area contributed by atoms with Crippen molar-refractivity contribution in [2.75, 3.05) is 59.2 Å². The molecule has 0 spiro atoms. The molecule has 0 bridgehead atoms. The second-order valence-corrected chi connectivity index (χ2v) is 5.80. The smallest absolute Gasteiger partial charge is 0.0897 e. The number of ether oxygens (including phenoxy) is 2. The fourth-order valence-electron chi connectivity index (χ4n) is 2.43. The van der Waals surface area contributed by atoms with Crippen molar-refractivity contribution in [2.24, 2.45) is 0 Å². The van der Waals surface area contributed by atoms with E-state index in [1.165, 1.54) is 19.3 Å². The van der Waals surface area contributed by atoms with Gasteiger partial charge in [-0.15, -0.1) is 0 Å². The van der Waals surface area contributed by atoms with Crippen molar-refractivity contribution in [1.29, 1.82) is 0 Å². The first kappa shape index (κ1) is 18.8. The van der Waals surface area contributed by atoms with E-state index in [1.54, 1.807) is 0 Å². The fourth-order valence-corrected chi connectivity index (χ4v) is 2.43. The maximum atomic E-state index is 9.79. The van der Waals surface area contributed by atoms with Gasteiger partial charge in [-0.05, 0) is 25.9 Å². The number of rotatable bonds is 13. The summed E-state index contributed by atoms with van der Waals surface area (Å²) in [5.74, 6) is 0. The lowest BCUT2D eigenvalue weighted by Gasteiger charge is -2.26. The van der Waals surface area contributed by atoms with Crippen molar-refractivity contribution in [3.63, 3.8) is 0 Å². The van der Waals surface area contributed by atoms with Gasteiger partial charge >= 0.3 is 0 Å². The summed E-state index contributed by atoms with van der Waals surface area (Å²) in [6.45, 7) is 9.93. The molecule has 21 heavy (non-hydrogen) atoms. The van der Waals surface area contributed by atoms with Crippen LogP contribution in [0.3, 0.4) is 0 Å². The van der Waals surface area contributed by atoms with Gasteiger partial charge in [-0.25, -0.2) is 0 Å². The quantitative estimate of drug-likeness (QED) is 0.502. The number of nitrogens with zero attached hydrogens (tertiary/aromatic N) is 1. The van der Waals surface area contributed by atoms with Crippen LogP contribution in [-0.4, -0.2) is 75.3 Å². The topological polar surface area (TPSA) is 54.0 Å². The second kappa shape index (κ2) is 13.5. The molecular weight excluding hydrogens is 268 g/mol. The normalized spacial score (nSPS) is 18.0. The summed E-state index contributed by atoms with van der Waals surface area (Å²) < 4.78 is 10.8. The maximum absolute atomic E-state index is 9.79. The van der Waals surface area contributed by atoms with Crippen LogP contribution in [0.1, 0.15) is 39.0 Å². The van der Waals surface area contributed by atoms with E-state index in [-0.39, 0.29) is 6.10 Å². The highest BCUT2D eigenvalue weighted by Gasteiger charge is 2.09. The van der Waals surface area contributed by atoms with Crippen LogP contribution in [0.2, 0.25) is 0 Å². The Morgan fingerprint density at radius 1 is 1.19 bits per heavy atom. The van der Waals surface area contributed by atoms with Gasteiger partial charge in [0.2, 0.25) is 0 Å². The van der Waals surface area contributed by atoms with E-state index in [9.17, 15) is 5.11 Å². The number of nitrogens with one attached hydrogen (secondary N) is 1. The van der Waals surface area contributed by atoms with Crippen LogP contribution >= 0.6 is 0 Å². The van der Waals surface area contributed by atoms with Crippen LogP contribution in [0.15, 0.2) is 0 Å². The summed E-state index contributed by atoms with van der Waals surface area (Å²) in [5.41, 5.74) is 0. The Labute approximate surface area is 130 Å². The van der Waals surface area contributed by atoms with Gasteiger partial charge in [-0.3, -0.25) is 4.90 Å². The average molecular weight is 302 g/mol. The number of hydrogen-bond donors (Lipinski definition) is 2. The zero-order valence-electron chi connectivity index (χ0n) is 13.7. The predicted octanol–water partition coefficient (Wildman–Crippen LogP) is 1.26. The van der Waals surface area contributed by atoms with E-state index in [0.29, 0.717) is 13.2 Å². The zero-order chi connectivity index (χ0) is 15.2. The Hall–Kier alpha value is -0.200. The number of hydrogen-bond acceptors (Lipinski definition) is 5. The minimum absolute atomic E-state index is 0.389. The van der Waals surface area contributed by atoms with Gasteiger partial charge in [-0.1, -0.05) is 26.2 Å². The molecule has 0 saturated carbocycles. The molecule has 0 amide bonds. The predicted molar refractivity (Wildman–Crippen MR) is 85.7 cm³/mol. The van der Waals surface area contributed by atoms with Gasteiger partial charge in [0.25, 0.3) is 0 Å². The number of unbranched alkanes of at least 4 members (excludes halogenated alkanes) is 3. The first-order chi connectivity index (χ1) is 10.3. The van der Waals surface area contributed by atoms with Crippen molar-refractivity contribution in [1.82, 2.24) is 10.2 Å². The van der Waals surface area contributed by atoms with Gasteiger partial charge in [0.05, 0.1) is 25.9 Å². The van der Waals surface area contributed by atoms with E-state index >= 15 is 0 Å². The highest BCUT2D eigenvalue weighted by Crippen LogP contribution is 1.99. The monoisotopic (exact) mass is 302 g/mol. The minimum atomic E-state index is -0.389. The molecule has 1 saturated heterocycles. The third-order valence-electron chi connectivity index (χ3n) is 3.76. The highest BCUT2D eigenvalue weighted by molar-refractivity contribution is 4.64. The first-order valence-electron chi connectivity index (χ1n) is 8.59. The highest BCUT2D eigenvalue weighted by atomic mass is 16.5. The van der Waals surface area contributed by atoms with Crippen LogP contribution in [0.4, 0.5) is 0 Å². The lowest BCUT2D eigenvalue weighted by Crippen LogP contribution is -2.38. The number of aliphatic hydroxyl groups is 1. The molecule has 1 aliphatic rings.